The number of aryl methyl sites for hydroxylation is 1. The zero-order chi connectivity index (χ0) is 13.1. The van der Waals surface area contributed by atoms with Gasteiger partial charge in [0.1, 0.15) is 0 Å². The van der Waals surface area contributed by atoms with E-state index >= 15 is 0 Å². The van der Waals surface area contributed by atoms with Crippen LogP contribution in [-0.2, 0) is 6.42 Å². The van der Waals surface area contributed by atoms with Crippen LogP contribution in [0.3, 0.4) is 0 Å². The van der Waals surface area contributed by atoms with Crippen molar-refractivity contribution in [2.24, 2.45) is 0 Å². The second-order valence-corrected chi connectivity index (χ2v) is 6.00. The van der Waals surface area contributed by atoms with Gasteiger partial charge in [-0.15, -0.1) is 0 Å². The average Bonchev–Trinajstić information content (AvgIpc) is 2.48. The lowest BCUT2D eigenvalue weighted by atomic mass is 9.83. The fourth-order valence-corrected chi connectivity index (χ4v) is 3.58. The van der Waals surface area contributed by atoms with Crippen LogP contribution >= 0.6 is 0 Å². The normalized spacial score (nSPS) is 25.1. The molecule has 0 bridgehead atoms. The van der Waals surface area contributed by atoms with E-state index in [1.807, 2.05) is 6.21 Å². The van der Waals surface area contributed by atoms with Crippen LogP contribution < -0.4 is 0 Å². The van der Waals surface area contributed by atoms with Gasteiger partial charge in [-0.3, -0.25) is 0 Å². The topological polar surface area (TPSA) is 26.1 Å². The number of hydroxylamine groups is 1. The number of hydrogen-bond acceptors (Lipinski definition) is 1. The molecule has 2 aliphatic carbocycles. The summed E-state index contributed by atoms with van der Waals surface area (Å²) in [5.74, 6) is 0.337. The molecule has 2 aliphatic rings. The summed E-state index contributed by atoms with van der Waals surface area (Å²) >= 11 is 0. The van der Waals surface area contributed by atoms with Crippen molar-refractivity contribution in [2.45, 2.75) is 63.3 Å². The SMILES string of the molecule is [O-]/[N+](=C/C1CCCc2ccccc21)C1CCCCC1. The summed E-state index contributed by atoms with van der Waals surface area (Å²) in [5.41, 5.74) is 2.82. The second-order valence-electron chi connectivity index (χ2n) is 6.00. The maximum absolute atomic E-state index is 12.3. The Bertz CT molecular complexity index is 460. The molecule has 0 N–H and O–H groups in total. The fraction of sp³-hybridized carbons (Fsp3) is 0.588. The maximum Gasteiger partial charge on any atom is 0.162 e. The lowest BCUT2D eigenvalue weighted by molar-refractivity contribution is -0.502. The van der Waals surface area contributed by atoms with E-state index in [2.05, 4.69) is 24.3 Å². The van der Waals surface area contributed by atoms with Crippen LogP contribution in [0.4, 0.5) is 0 Å². The Kier molecular flexibility index (Phi) is 3.86. The van der Waals surface area contributed by atoms with E-state index in [0.29, 0.717) is 5.92 Å². The molecule has 0 amide bonds. The van der Waals surface area contributed by atoms with Gasteiger partial charge in [-0.25, -0.2) is 4.74 Å². The Morgan fingerprint density at radius 3 is 2.63 bits per heavy atom. The molecule has 102 valence electrons. The molecule has 2 heteroatoms. The van der Waals surface area contributed by atoms with Crippen molar-refractivity contribution < 1.29 is 4.74 Å². The zero-order valence-corrected chi connectivity index (χ0v) is 11.6. The first-order valence-corrected chi connectivity index (χ1v) is 7.73. The van der Waals surface area contributed by atoms with Gasteiger partial charge < -0.3 is 5.21 Å². The van der Waals surface area contributed by atoms with Gasteiger partial charge in [-0.1, -0.05) is 30.7 Å². The summed E-state index contributed by atoms with van der Waals surface area (Å²) in [7, 11) is 0. The van der Waals surface area contributed by atoms with E-state index in [9.17, 15) is 5.21 Å². The third-order valence-corrected chi connectivity index (χ3v) is 4.68. The van der Waals surface area contributed by atoms with Crippen LogP contribution in [0.15, 0.2) is 24.3 Å². The molecule has 0 heterocycles. The van der Waals surface area contributed by atoms with Gasteiger partial charge in [0.15, 0.2) is 12.3 Å². The lowest BCUT2D eigenvalue weighted by Gasteiger charge is -2.25. The Morgan fingerprint density at radius 2 is 1.79 bits per heavy atom. The van der Waals surface area contributed by atoms with Crippen LogP contribution in [0.25, 0.3) is 0 Å². The van der Waals surface area contributed by atoms with Crippen molar-refractivity contribution in [1.29, 1.82) is 0 Å². The Labute approximate surface area is 115 Å². The van der Waals surface area contributed by atoms with Crippen molar-refractivity contribution in [3.8, 4) is 0 Å². The highest BCUT2D eigenvalue weighted by Crippen LogP contribution is 2.30. The van der Waals surface area contributed by atoms with Crippen LogP contribution in [0.5, 0.6) is 0 Å². The summed E-state index contributed by atoms with van der Waals surface area (Å²) in [4.78, 5) is 0. The minimum absolute atomic E-state index is 0.239. The summed E-state index contributed by atoms with van der Waals surface area (Å²) in [5, 5.41) is 12.3. The minimum Gasteiger partial charge on any atom is -0.624 e. The van der Waals surface area contributed by atoms with Gasteiger partial charge in [-0.05, 0) is 43.2 Å². The smallest absolute Gasteiger partial charge is 0.162 e. The van der Waals surface area contributed by atoms with Gasteiger partial charge in [0.25, 0.3) is 0 Å². The first-order chi connectivity index (χ1) is 9.34. The molecule has 19 heavy (non-hydrogen) atoms. The summed E-state index contributed by atoms with van der Waals surface area (Å²) in [6.45, 7) is 0. The van der Waals surface area contributed by atoms with Crippen molar-refractivity contribution in [2.75, 3.05) is 0 Å². The maximum atomic E-state index is 12.3. The second kappa shape index (κ2) is 5.77. The molecule has 1 atom stereocenters. The van der Waals surface area contributed by atoms with E-state index < -0.39 is 0 Å². The molecule has 1 aromatic rings. The van der Waals surface area contributed by atoms with E-state index in [-0.39, 0.29) is 6.04 Å². The number of fused-ring (bicyclic) bond motifs is 1. The number of nitrogens with zero attached hydrogens (tertiary/aromatic N) is 1. The number of rotatable bonds is 2. The quantitative estimate of drug-likeness (QED) is 0.340. The Hall–Kier alpha value is -1.31. The predicted octanol–water partition coefficient (Wildman–Crippen LogP) is 4.02. The van der Waals surface area contributed by atoms with E-state index in [0.717, 1.165) is 19.3 Å². The average molecular weight is 257 g/mol. The van der Waals surface area contributed by atoms with Crippen LogP contribution in [0, 0.1) is 5.21 Å². The molecule has 0 spiro atoms. The molecule has 0 radical (unpaired) electrons. The summed E-state index contributed by atoms with van der Waals surface area (Å²) in [6.07, 6.45) is 11.4. The van der Waals surface area contributed by atoms with Gasteiger partial charge in [0.2, 0.25) is 0 Å². The minimum atomic E-state index is 0.239. The molecular weight excluding hydrogens is 234 g/mol. The van der Waals surface area contributed by atoms with E-state index in [4.69, 9.17) is 0 Å². The van der Waals surface area contributed by atoms with Gasteiger partial charge in [0, 0.05) is 12.8 Å². The molecule has 1 saturated carbocycles. The molecule has 2 nitrogen and oxygen atoms in total. The Balaban J connectivity index is 1.79. The summed E-state index contributed by atoms with van der Waals surface area (Å²) in [6, 6.07) is 8.86. The molecule has 0 aliphatic heterocycles. The Morgan fingerprint density at radius 1 is 1.00 bits per heavy atom. The number of benzene rings is 1. The standard InChI is InChI=1S/C17H23NO/c19-18(16-10-2-1-3-11-16)13-15-9-6-8-14-7-4-5-12-17(14)15/h4-5,7,12-13,15-16H,1-3,6,8-11H2/b18-13+. The highest BCUT2D eigenvalue weighted by Gasteiger charge is 2.24. The van der Waals surface area contributed by atoms with Crippen LogP contribution in [0.2, 0.25) is 0 Å². The molecule has 1 unspecified atom stereocenters. The molecule has 0 aromatic heterocycles. The monoisotopic (exact) mass is 257 g/mol. The van der Waals surface area contributed by atoms with Crippen molar-refractivity contribution >= 4 is 6.21 Å². The fourth-order valence-electron chi connectivity index (χ4n) is 3.58. The zero-order valence-electron chi connectivity index (χ0n) is 11.6. The van der Waals surface area contributed by atoms with Gasteiger partial charge in [0.05, 0.1) is 5.92 Å². The van der Waals surface area contributed by atoms with Gasteiger partial charge in [-0.2, -0.15) is 0 Å². The third-order valence-electron chi connectivity index (χ3n) is 4.68. The first kappa shape index (κ1) is 12.7. The molecule has 1 aromatic carbocycles. The first-order valence-electron chi connectivity index (χ1n) is 7.73. The highest BCUT2D eigenvalue weighted by atomic mass is 16.5. The molecular formula is C17H23NO. The van der Waals surface area contributed by atoms with E-state index in [1.165, 1.54) is 48.0 Å². The summed E-state index contributed by atoms with van der Waals surface area (Å²) < 4.78 is 1.28. The van der Waals surface area contributed by atoms with Crippen molar-refractivity contribution in [1.82, 2.24) is 0 Å². The van der Waals surface area contributed by atoms with Crippen molar-refractivity contribution in [3.05, 3.63) is 40.6 Å². The van der Waals surface area contributed by atoms with Crippen LogP contribution in [-0.4, -0.2) is 17.0 Å². The predicted molar refractivity (Wildman–Crippen MR) is 78.7 cm³/mol. The van der Waals surface area contributed by atoms with Crippen molar-refractivity contribution in [3.63, 3.8) is 0 Å². The largest absolute Gasteiger partial charge is 0.624 e. The van der Waals surface area contributed by atoms with Crippen LogP contribution in [0.1, 0.15) is 62.0 Å². The number of hydrogen-bond donors (Lipinski definition) is 0. The molecule has 3 rings (SSSR count). The lowest BCUT2D eigenvalue weighted by Crippen LogP contribution is -2.27. The molecule has 0 saturated heterocycles. The van der Waals surface area contributed by atoms with Gasteiger partial charge >= 0.3 is 0 Å². The molecule has 1 fully saturated rings. The third kappa shape index (κ3) is 2.83. The van der Waals surface area contributed by atoms with E-state index in [1.54, 1.807) is 0 Å². The highest BCUT2D eigenvalue weighted by molar-refractivity contribution is 5.65.